The molecule has 0 radical (unpaired) electrons. The number of nitrogens with one attached hydrogen (secondary N) is 3. The number of anilines is 1. The van der Waals surface area contributed by atoms with E-state index in [1.54, 1.807) is 11.4 Å². The Bertz CT molecular complexity index is 1240. The van der Waals surface area contributed by atoms with Crippen LogP contribution in [-0.2, 0) is 27.2 Å². The van der Waals surface area contributed by atoms with Gasteiger partial charge in [-0.1, -0.05) is 18.2 Å². The molecule has 0 bridgehead atoms. The van der Waals surface area contributed by atoms with Crippen molar-refractivity contribution in [1.82, 2.24) is 15.3 Å². The summed E-state index contributed by atoms with van der Waals surface area (Å²) in [5, 5.41) is 8.34. The first-order chi connectivity index (χ1) is 15.5. The quantitative estimate of drug-likeness (QED) is 0.353. The van der Waals surface area contributed by atoms with E-state index in [4.69, 9.17) is 9.15 Å². The van der Waals surface area contributed by atoms with E-state index in [1.807, 2.05) is 30.5 Å². The summed E-state index contributed by atoms with van der Waals surface area (Å²) in [6, 6.07) is 10.0. The number of hydrogen-bond donors (Lipinski definition) is 3. The molecule has 3 N–H and O–H groups in total. The monoisotopic (exact) mass is 452 g/mol. The number of thiazole rings is 1. The van der Waals surface area contributed by atoms with Gasteiger partial charge in [-0.05, 0) is 23.8 Å². The number of esters is 1. The largest absolute Gasteiger partial charge is 0.467 e. The number of rotatable bonds is 8. The molecule has 0 aliphatic heterocycles. The lowest BCUT2D eigenvalue weighted by Gasteiger charge is -2.16. The Kier molecular flexibility index (Phi) is 6.31. The van der Waals surface area contributed by atoms with E-state index >= 15 is 0 Å². The van der Waals surface area contributed by atoms with Crippen molar-refractivity contribution in [3.8, 4) is 0 Å². The summed E-state index contributed by atoms with van der Waals surface area (Å²) in [5.74, 6) is -1.18. The van der Waals surface area contributed by atoms with Crippen LogP contribution in [0.2, 0.25) is 0 Å². The van der Waals surface area contributed by atoms with E-state index in [0.29, 0.717) is 10.8 Å². The summed E-state index contributed by atoms with van der Waals surface area (Å²) in [6.45, 7) is 0. The summed E-state index contributed by atoms with van der Waals surface area (Å²) in [7, 11) is 1.28. The Morgan fingerprint density at radius 3 is 2.84 bits per heavy atom. The van der Waals surface area contributed by atoms with Crippen molar-refractivity contribution in [2.45, 2.75) is 18.9 Å². The Morgan fingerprint density at radius 2 is 2.06 bits per heavy atom. The Hall–Kier alpha value is -3.92. The number of methoxy groups -OCH3 is 1. The topological polar surface area (TPSA) is 126 Å². The average Bonchev–Trinajstić information content (AvgIpc) is 3.54. The fourth-order valence-electron chi connectivity index (χ4n) is 3.28. The number of carbonyl (C=O) groups excluding carboxylic acids is 3. The lowest BCUT2D eigenvalue weighted by atomic mass is 10.0. The van der Waals surface area contributed by atoms with E-state index in [2.05, 4.69) is 20.6 Å². The zero-order valence-corrected chi connectivity index (χ0v) is 17.9. The number of para-hydroxylation sites is 1. The summed E-state index contributed by atoms with van der Waals surface area (Å²) in [5.41, 5.74) is 2.31. The molecule has 32 heavy (non-hydrogen) atoms. The van der Waals surface area contributed by atoms with Gasteiger partial charge in [-0.3, -0.25) is 14.9 Å². The van der Waals surface area contributed by atoms with Crippen LogP contribution >= 0.6 is 11.3 Å². The molecular formula is C22H20N4O5S. The number of amides is 2. The van der Waals surface area contributed by atoms with Crippen molar-refractivity contribution in [1.29, 1.82) is 0 Å². The minimum atomic E-state index is -0.844. The molecule has 3 heterocycles. The van der Waals surface area contributed by atoms with Gasteiger partial charge in [-0.15, -0.1) is 11.3 Å². The number of carbonyl (C=O) groups is 3. The molecule has 4 aromatic rings. The van der Waals surface area contributed by atoms with Crippen LogP contribution in [0.25, 0.3) is 10.9 Å². The SMILES string of the molecule is COC(=O)[C@@H](Cc1c[nH]c2ccccc12)NC(=O)Cc1csc(NC(=O)c2ccco2)n1. The van der Waals surface area contributed by atoms with Crippen molar-refractivity contribution in [3.05, 3.63) is 71.3 Å². The maximum Gasteiger partial charge on any atom is 0.328 e. The lowest BCUT2D eigenvalue weighted by Crippen LogP contribution is -2.43. The van der Waals surface area contributed by atoms with Gasteiger partial charge in [-0.25, -0.2) is 9.78 Å². The van der Waals surface area contributed by atoms with Gasteiger partial charge in [0.15, 0.2) is 10.9 Å². The van der Waals surface area contributed by atoms with Gasteiger partial charge in [0.2, 0.25) is 5.91 Å². The number of furan rings is 1. The predicted molar refractivity (Wildman–Crippen MR) is 118 cm³/mol. The fourth-order valence-corrected chi connectivity index (χ4v) is 3.98. The van der Waals surface area contributed by atoms with Crippen molar-refractivity contribution in [2.24, 2.45) is 0 Å². The number of hydrogen-bond acceptors (Lipinski definition) is 7. The molecule has 0 saturated heterocycles. The summed E-state index contributed by atoms with van der Waals surface area (Å²) in [4.78, 5) is 44.3. The van der Waals surface area contributed by atoms with Gasteiger partial charge in [0.05, 0.1) is 25.5 Å². The minimum absolute atomic E-state index is 0.0471. The van der Waals surface area contributed by atoms with E-state index in [9.17, 15) is 14.4 Å². The molecule has 164 valence electrons. The zero-order valence-electron chi connectivity index (χ0n) is 17.1. The third-order valence-corrected chi connectivity index (χ3v) is 5.59. The molecule has 0 unspecified atom stereocenters. The normalized spacial score (nSPS) is 11.8. The molecule has 10 heteroatoms. The van der Waals surface area contributed by atoms with Crippen LogP contribution < -0.4 is 10.6 Å². The Balaban J connectivity index is 1.39. The molecule has 3 aromatic heterocycles. The average molecular weight is 452 g/mol. The highest BCUT2D eigenvalue weighted by Crippen LogP contribution is 2.20. The number of aromatic amines is 1. The first-order valence-corrected chi connectivity index (χ1v) is 10.6. The van der Waals surface area contributed by atoms with Gasteiger partial charge in [0, 0.05) is 28.9 Å². The third kappa shape index (κ3) is 4.86. The molecule has 0 aliphatic carbocycles. The third-order valence-electron chi connectivity index (χ3n) is 4.78. The molecule has 0 spiro atoms. The highest BCUT2D eigenvalue weighted by Gasteiger charge is 2.24. The van der Waals surface area contributed by atoms with E-state index in [-0.39, 0.29) is 24.5 Å². The van der Waals surface area contributed by atoms with Crippen molar-refractivity contribution < 1.29 is 23.5 Å². The van der Waals surface area contributed by atoms with Crippen molar-refractivity contribution >= 4 is 45.2 Å². The number of fused-ring (bicyclic) bond motifs is 1. The second-order valence-electron chi connectivity index (χ2n) is 6.96. The highest BCUT2D eigenvalue weighted by molar-refractivity contribution is 7.14. The fraction of sp³-hybridized carbons (Fsp3) is 0.182. The molecule has 0 saturated carbocycles. The maximum absolute atomic E-state index is 12.6. The molecule has 0 fully saturated rings. The molecule has 0 aliphatic rings. The van der Waals surface area contributed by atoms with Crippen molar-refractivity contribution in [2.75, 3.05) is 12.4 Å². The van der Waals surface area contributed by atoms with Gasteiger partial charge < -0.3 is 19.5 Å². The van der Waals surface area contributed by atoms with E-state index in [0.717, 1.165) is 16.5 Å². The smallest absolute Gasteiger partial charge is 0.328 e. The van der Waals surface area contributed by atoms with Gasteiger partial charge >= 0.3 is 5.97 Å². The van der Waals surface area contributed by atoms with E-state index < -0.39 is 17.9 Å². The van der Waals surface area contributed by atoms with E-state index in [1.165, 1.54) is 30.8 Å². The van der Waals surface area contributed by atoms with Crippen LogP contribution in [0.15, 0.2) is 58.7 Å². The second-order valence-corrected chi connectivity index (χ2v) is 7.82. The van der Waals surface area contributed by atoms with Crippen molar-refractivity contribution in [3.63, 3.8) is 0 Å². The second kappa shape index (κ2) is 9.48. The van der Waals surface area contributed by atoms with Crippen LogP contribution in [0.3, 0.4) is 0 Å². The predicted octanol–water partition coefficient (Wildman–Crippen LogP) is 2.91. The lowest BCUT2D eigenvalue weighted by molar-refractivity contribution is -0.145. The standard InChI is InChI=1S/C22H20N4O5S/c1-30-21(29)17(9-13-11-23-16-6-3-2-5-15(13)16)25-19(27)10-14-12-32-22(24-14)26-20(28)18-7-4-8-31-18/h2-8,11-12,17,23H,9-10H2,1H3,(H,25,27)(H,24,26,28)/t17-/m1/s1. The summed E-state index contributed by atoms with van der Waals surface area (Å²) < 4.78 is 9.91. The minimum Gasteiger partial charge on any atom is -0.467 e. The number of H-pyrrole nitrogens is 1. The molecule has 1 aromatic carbocycles. The first-order valence-electron chi connectivity index (χ1n) is 9.75. The molecule has 1 atom stereocenters. The number of benzene rings is 1. The van der Waals surface area contributed by atoms with Crippen LogP contribution in [-0.4, -0.2) is 40.9 Å². The van der Waals surface area contributed by atoms with Crippen LogP contribution in [0.4, 0.5) is 5.13 Å². The molecular weight excluding hydrogens is 432 g/mol. The summed E-state index contributed by atoms with van der Waals surface area (Å²) >= 11 is 1.19. The molecule has 4 rings (SSSR count). The van der Waals surface area contributed by atoms with Crippen LogP contribution in [0, 0.1) is 0 Å². The molecule has 9 nitrogen and oxygen atoms in total. The number of aromatic nitrogens is 2. The Morgan fingerprint density at radius 1 is 1.22 bits per heavy atom. The van der Waals surface area contributed by atoms with Gasteiger partial charge in [0.1, 0.15) is 6.04 Å². The highest BCUT2D eigenvalue weighted by atomic mass is 32.1. The van der Waals surface area contributed by atoms with Crippen LogP contribution in [0.5, 0.6) is 0 Å². The number of nitrogens with zero attached hydrogens (tertiary/aromatic N) is 1. The van der Waals surface area contributed by atoms with Gasteiger partial charge in [0.25, 0.3) is 5.91 Å². The summed E-state index contributed by atoms with van der Waals surface area (Å²) in [6.07, 6.45) is 3.46. The van der Waals surface area contributed by atoms with Crippen LogP contribution in [0.1, 0.15) is 21.8 Å². The molecule has 2 amide bonds. The zero-order chi connectivity index (χ0) is 22.5. The first kappa shape index (κ1) is 21.3. The number of ether oxygens (including phenoxy) is 1. The maximum atomic E-state index is 12.6. The van der Waals surface area contributed by atoms with Gasteiger partial charge in [-0.2, -0.15) is 0 Å². The Labute approximate surface area is 186 Å².